The van der Waals surface area contributed by atoms with Crippen LogP contribution < -0.4 is 5.73 Å². The van der Waals surface area contributed by atoms with E-state index in [1.165, 1.54) is 0 Å². The van der Waals surface area contributed by atoms with Crippen LogP contribution in [0.1, 0.15) is 22.7 Å². The Kier molecular flexibility index (Phi) is 3.22. The number of hydrogen-bond acceptors (Lipinski definition) is 2. The molecule has 3 heteroatoms. The Bertz CT molecular complexity index is 483. The molecule has 0 fully saturated rings. The Hall–Kier alpha value is -1.38. The summed E-state index contributed by atoms with van der Waals surface area (Å²) < 4.78 is 0. The highest BCUT2D eigenvalue weighted by Gasteiger charge is 2.12. The lowest BCUT2D eigenvalue weighted by Gasteiger charge is -2.15. The van der Waals surface area contributed by atoms with Gasteiger partial charge in [0.2, 0.25) is 0 Å². The topological polar surface area (TPSA) is 38.9 Å². The van der Waals surface area contributed by atoms with Crippen LogP contribution in [-0.4, -0.2) is 4.98 Å². The van der Waals surface area contributed by atoms with Gasteiger partial charge < -0.3 is 5.73 Å². The molecule has 0 bridgehead atoms. The zero-order chi connectivity index (χ0) is 11.5. The molecule has 0 aliphatic rings. The van der Waals surface area contributed by atoms with Crippen LogP contribution in [0.3, 0.4) is 0 Å². The van der Waals surface area contributed by atoms with Gasteiger partial charge in [-0.15, -0.1) is 0 Å². The van der Waals surface area contributed by atoms with Gasteiger partial charge in [0.25, 0.3) is 0 Å². The average molecular weight is 233 g/mol. The number of rotatable bonds is 2. The van der Waals surface area contributed by atoms with Gasteiger partial charge in [0.05, 0.1) is 6.04 Å². The summed E-state index contributed by atoms with van der Waals surface area (Å²) >= 11 is 6.08. The van der Waals surface area contributed by atoms with Gasteiger partial charge in [-0.1, -0.05) is 23.7 Å². The summed E-state index contributed by atoms with van der Waals surface area (Å²) in [6, 6.07) is 9.50. The van der Waals surface area contributed by atoms with Crippen LogP contribution in [0, 0.1) is 6.92 Å². The largest absolute Gasteiger partial charge is 0.320 e. The van der Waals surface area contributed by atoms with Crippen LogP contribution in [0.15, 0.2) is 42.7 Å². The Morgan fingerprint density at radius 2 is 1.88 bits per heavy atom. The molecule has 0 saturated carbocycles. The number of benzene rings is 1. The molecule has 1 atom stereocenters. The highest BCUT2D eigenvalue weighted by Crippen LogP contribution is 2.26. The van der Waals surface area contributed by atoms with Crippen molar-refractivity contribution in [2.75, 3.05) is 0 Å². The van der Waals surface area contributed by atoms with Crippen molar-refractivity contribution in [1.82, 2.24) is 4.98 Å². The molecule has 1 heterocycles. The van der Waals surface area contributed by atoms with E-state index in [1.807, 2.05) is 37.3 Å². The molecule has 0 aliphatic carbocycles. The minimum absolute atomic E-state index is 0.151. The van der Waals surface area contributed by atoms with E-state index in [0.717, 1.165) is 21.7 Å². The van der Waals surface area contributed by atoms with Gasteiger partial charge in [-0.2, -0.15) is 0 Å². The maximum Gasteiger partial charge on any atom is 0.0555 e. The van der Waals surface area contributed by atoms with Gasteiger partial charge in [0.15, 0.2) is 0 Å². The molecule has 0 spiro atoms. The number of hydrogen-bond donors (Lipinski definition) is 1. The summed E-state index contributed by atoms with van der Waals surface area (Å²) in [7, 11) is 0. The number of nitrogens with zero attached hydrogens (tertiary/aromatic N) is 1. The first-order chi connectivity index (χ1) is 7.70. The van der Waals surface area contributed by atoms with Crippen LogP contribution in [0.25, 0.3) is 0 Å². The summed E-state index contributed by atoms with van der Waals surface area (Å²) in [5, 5.41) is 0.752. The van der Waals surface area contributed by atoms with Crippen molar-refractivity contribution in [3.8, 4) is 0 Å². The van der Waals surface area contributed by atoms with E-state index in [1.54, 1.807) is 12.4 Å². The molecular weight excluding hydrogens is 220 g/mol. The predicted molar refractivity (Wildman–Crippen MR) is 66.5 cm³/mol. The Labute approximate surface area is 100 Å². The number of nitrogens with two attached hydrogens (primary N) is 1. The van der Waals surface area contributed by atoms with Crippen molar-refractivity contribution in [2.45, 2.75) is 13.0 Å². The normalized spacial score (nSPS) is 12.4. The van der Waals surface area contributed by atoms with E-state index >= 15 is 0 Å². The van der Waals surface area contributed by atoms with Crippen LogP contribution in [0.2, 0.25) is 5.02 Å². The monoisotopic (exact) mass is 232 g/mol. The molecule has 2 nitrogen and oxygen atoms in total. The molecule has 1 aromatic heterocycles. The quantitative estimate of drug-likeness (QED) is 0.864. The molecule has 82 valence electrons. The summed E-state index contributed by atoms with van der Waals surface area (Å²) in [5.41, 5.74) is 9.33. The van der Waals surface area contributed by atoms with Crippen LogP contribution in [0.5, 0.6) is 0 Å². The van der Waals surface area contributed by atoms with Crippen molar-refractivity contribution >= 4 is 11.6 Å². The Morgan fingerprint density at radius 1 is 1.19 bits per heavy atom. The third-order valence-corrected chi connectivity index (χ3v) is 3.12. The maximum atomic E-state index is 6.20. The highest BCUT2D eigenvalue weighted by atomic mass is 35.5. The van der Waals surface area contributed by atoms with Gasteiger partial charge in [0, 0.05) is 17.4 Å². The van der Waals surface area contributed by atoms with Crippen molar-refractivity contribution in [1.29, 1.82) is 0 Å². The number of pyridine rings is 1. The molecular formula is C13H13ClN2. The van der Waals surface area contributed by atoms with Crippen molar-refractivity contribution in [2.24, 2.45) is 5.73 Å². The molecule has 2 rings (SSSR count). The molecule has 0 amide bonds. The van der Waals surface area contributed by atoms with Crippen LogP contribution >= 0.6 is 11.6 Å². The fraction of sp³-hybridized carbons (Fsp3) is 0.154. The second-order valence-corrected chi connectivity index (χ2v) is 4.12. The predicted octanol–water partition coefficient (Wildman–Crippen LogP) is 3.09. The van der Waals surface area contributed by atoms with Crippen LogP contribution in [0.4, 0.5) is 0 Å². The first-order valence-corrected chi connectivity index (χ1v) is 5.48. The van der Waals surface area contributed by atoms with Gasteiger partial charge in [-0.3, -0.25) is 4.98 Å². The van der Waals surface area contributed by atoms with E-state index in [9.17, 15) is 0 Å². The fourth-order valence-electron chi connectivity index (χ4n) is 1.71. The van der Waals surface area contributed by atoms with Crippen LogP contribution in [-0.2, 0) is 0 Å². The molecule has 0 aliphatic heterocycles. The van der Waals surface area contributed by atoms with E-state index in [0.29, 0.717) is 0 Å². The van der Waals surface area contributed by atoms with Crippen molar-refractivity contribution in [3.63, 3.8) is 0 Å². The van der Waals surface area contributed by atoms with Crippen molar-refractivity contribution < 1.29 is 0 Å². The van der Waals surface area contributed by atoms with Gasteiger partial charge in [0.1, 0.15) is 0 Å². The fourth-order valence-corrected chi connectivity index (χ4v) is 1.89. The maximum absolute atomic E-state index is 6.20. The summed E-state index contributed by atoms with van der Waals surface area (Å²) in [5.74, 6) is 0. The minimum Gasteiger partial charge on any atom is -0.320 e. The van der Waals surface area contributed by atoms with E-state index in [4.69, 9.17) is 17.3 Å². The van der Waals surface area contributed by atoms with Crippen molar-refractivity contribution in [3.05, 3.63) is 64.4 Å². The van der Waals surface area contributed by atoms with E-state index in [2.05, 4.69) is 4.98 Å². The third kappa shape index (κ3) is 2.08. The lowest BCUT2D eigenvalue weighted by atomic mass is 9.96. The van der Waals surface area contributed by atoms with Gasteiger partial charge in [-0.25, -0.2) is 0 Å². The number of halogens is 1. The zero-order valence-electron chi connectivity index (χ0n) is 9.02. The average Bonchev–Trinajstić information content (AvgIpc) is 2.33. The lowest BCUT2D eigenvalue weighted by molar-refractivity contribution is 0.858. The molecule has 2 aromatic rings. The number of aromatic nitrogens is 1. The van der Waals surface area contributed by atoms with E-state index in [-0.39, 0.29) is 6.04 Å². The molecule has 0 radical (unpaired) electrons. The molecule has 1 unspecified atom stereocenters. The molecule has 1 aromatic carbocycles. The molecule has 0 saturated heterocycles. The summed E-state index contributed by atoms with van der Waals surface area (Å²) in [6.07, 6.45) is 3.49. The van der Waals surface area contributed by atoms with Gasteiger partial charge >= 0.3 is 0 Å². The third-order valence-electron chi connectivity index (χ3n) is 2.71. The first kappa shape index (κ1) is 11.1. The van der Waals surface area contributed by atoms with E-state index < -0.39 is 0 Å². The second kappa shape index (κ2) is 4.64. The summed E-state index contributed by atoms with van der Waals surface area (Å²) in [4.78, 5) is 3.98. The zero-order valence-corrected chi connectivity index (χ0v) is 9.78. The second-order valence-electron chi connectivity index (χ2n) is 3.71. The standard InChI is InChI=1S/C13H13ClN2/c1-9-11(3-2-4-12(9)14)13(15)10-5-7-16-8-6-10/h2-8,13H,15H2,1H3. The Morgan fingerprint density at radius 3 is 2.56 bits per heavy atom. The summed E-state index contributed by atoms with van der Waals surface area (Å²) in [6.45, 7) is 1.98. The lowest BCUT2D eigenvalue weighted by Crippen LogP contribution is -2.13. The highest BCUT2D eigenvalue weighted by molar-refractivity contribution is 6.31. The Balaban J connectivity index is 2.42. The first-order valence-electron chi connectivity index (χ1n) is 5.10. The van der Waals surface area contributed by atoms with Gasteiger partial charge in [-0.05, 0) is 41.8 Å². The smallest absolute Gasteiger partial charge is 0.0555 e. The minimum atomic E-state index is -0.151. The SMILES string of the molecule is Cc1c(Cl)cccc1C(N)c1ccncc1. The molecule has 2 N–H and O–H groups in total. The molecule has 16 heavy (non-hydrogen) atoms.